The number of ether oxygens (including phenoxy) is 1. The Hall–Kier alpha value is -2.94. The lowest BCUT2D eigenvalue weighted by Crippen LogP contribution is -2.50. The molecule has 1 heterocycles. The normalized spacial score (nSPS) is 16.9. The van der Waals surface area contributed by atoms with Gasteiger partial charge in [-0.1, -0.05) is 30.3 Å². The minimum Gasteiger partial charge on any atom is -0.404 e. The summed E-state index contributed by atoms with van der Waals surface area (Å²) in [6.07, 6.45) is -4.78. The number of para-hydroxylation sites is 3. The number of hydrogen-bond acceptors (Lipinski definition) is 4. The number of nitrogens with zero attached hydrogens (tertiary/aromatic N) is 3. The van der Waals surface area contributed by atoms with Crippen LogP contribution in [0.3, 0.4) is 0 Å². The van der Waals surface area contributed by atoms with Crippen molar-refractivity contribution in [2.75, 3.05) is 42.9 Å². The summed E-state index contributed by atoms with van der Waals surface area (Å²) >= 11 is 0. The van der Waals surface area contributed by atoms with E-state index in [1.54, 1.807) is 6.07 Å². The van der Waals surface area contributed by atoms with Crippen LogP contribution in [0, 0.1) is 0 Å². The molecule has 1 aliphatic heterocycles. The Morgan fingerprint density at radius 3 is 2.37 bits per heavy atom. The van der Waals surface area contributed by atoms with Crippen molar-refractivity contribution >= 4 is 17.3 Å². The zero-order chi connectivity index (χ0) is 21.6. The van der Waals surface area contributed by atoms with Crippen molar-refractivity contribution in [1.82, 2.24) is 4.90 Å². The number of guanidine groups is 1. The SMILES string of the molecule is CC(CN=C(N)Nc1ccccc1OC(F)(F)F)N1CCN(c2ccccc2)CC1. The van der Waals surface area contributed by atoms with Gasteiger partial charge < -0.3 is 20.7 Å². The molecular weight excluding hydrogens is 395 g/mol. The molecule has 2 aromatic carbocycles. The number of aliphatic imine (C=N–C) groups is 1. The van der Waals surface area contributed by atoms with Crippen LogP contribution in [-0.4, -0.2) is 56.0 Å². The van der Waals surface area contributed by atoms with Gasteiger partial charge in [-0.25, -0.2) is 0 Å². The number of nitrogens with one attached hydrogen (secondary N) is 1. The van der Waals surface area contributed by atoms with Crippen molar-refractivity contribution in [3.63, 3.8) is 0 Å². The van der Waals surface area contributed by atoms with Crippen LogP contribution in [0.2, 0.25) is 0 Å². The van der Waals surface area contributed by atoms with Gasteiger partial charge in [0.1, 0.15) is 0 Å². The van der Waals surface area contributed by atoms with E-state index in [1.165, 1.54) is 23.9 Å². The van der Waals surface area contributed by atoms with E-state index in [2.05, 4.69) is 43.9 Å². The average Bonchev–Trinajstić information content (AvgIpc) is 2.73. The highest BCUT2D eigenvalue weighted by Gasteiger charge is 2.32. The fourth-order valence-corrected chi connectivity index (χ4v) is 3.37. The fraction of sp³-hybridized carbons (Fsp3) is 0.381. The van der Waals surface area contributed by atoms with Crippen LogP contribution in [0.4, 0.5) is 24.5 Å². The number of benzene rings is 2. The summed E-state index contributed by atoms with van der Waals surface area (Å²) in [5.41, 5.74) is 7.22. The summed E-state index contributed by atoms with van der Waals surface area (Å²) in [6, 6.07) is 16.2. The molecule has 0 amide bonds. The van der Waals surface area contributed by atoms with E-state index in [1.807, 2.05) is 18.2 Å². The summed E-state index contributed by atoms with van der Waals surface area (Å²) in [6.45, 7) is 6.16. The molecular formula is C21H26F3N5O. The van der Waals surface area contributed by atoms with E-state index in [-0.39, 0.29) is 23.4 Å². The Labute approximate surface area is 174 Å². The van der Waals surface area contributed by atoms with Gasteiger partial charge in [-0.05, 0) is 31.2 Å². The second-order valence-corrected chi connectivity index (χ2v) is 7.10. The predicted molar refractivity (Wildman–Crippen MR) is 113 cm³/mol. The molecule has 9 heteroatoms. The first kappa shape index (κ1) is 21.8. The largest absolute Gasteiger partial charge is 0.573 e. The molecule has 0 spiro atoms. The molecule has 1 atom stereocenters. The van der Waals surface area contributed by atoms with Crippen LogP contribution in [0.15, 0.2) is 59.6 Å². The Morgan fingerprint density at radius 2 is 1.70 bits per heavy atom. The minimum absolute atomic E-state index is 0.0444. The lowest BCUT2D eigenvalue weighted by molar-refractivity contribution is -0.274. The topological polar surface area (TPSA) is 66.1 Å². The Kier molecular flexibility index (Phi) is 7.04. The van der Waals surface area contributed by atoms with Gasteiger partial charge in [0.2, 0.25) is 0 Å². The van der Waals surface area contributed by atoms with Crippen LogP contribution in [-0.2, 0) is 0 Å². The standard InChI is InChI=1S/C21H26F3N5O/c1-16(28-11-13-29(14-12-28)17-7-3-2-4-8-17)15-26-20(25)27-18-9-5-6-10-19(18)30-21(22,23)24/h2-10,16H,11-15H2,1H3,(H3,25,26,27). The summed E-state index contributed by atoms with van der Waals surface area (Å²) < 4.78 is 41.6. The quantitative estimate of drug-likeness (QED) is 0.552. The highest BCUT2D eigenvalue weighted by molar-refractivity contribution is 5.93. The van der Waals surface area contributed by atoms with Gasteiger partial charge in [0.05, 0.1) is 12.2 Å². The molecule has 0 aliphatic carbocycles. The molecule has 3 N–H and O–H groups in total. The van der Waals surface area contributed by atoms with Crippen LogP contribution < -0.4 is 20.7 Å². The number of halogens is 3. The van der Waals surface area contributed by atoms with Crippen molar-refractivity contribution in [3.05, 3.63) is 54.6 Å². The van der Waals surface area contributed by atoms with Crippen LogP contribution in [0.5, 0.6) is 5.75 Å². The Morgan fingerprint density at radius 1 is 1.07 bits per heavy atom. The third-order valence-electron chi connectivity index (χ3n) is 4.96. The summed E-state index contributed by atoms with van der Waals surface area (Å²) in [4.78, 5) is 8.98. The molecule has 3 rings (SSSR count). The average molecular weight is 421 g/mol. The van der Waals surface area contributed by atoms with Crippen molar-refractivity contribution < 1.29 is 17.9 Å². The maximum atomic E-state index is 12.5. The first-order chi connectivity index (χ1) is 14.3. The maximum Gasteiger partial charge on any atom is 0.573 e. The maximum absolute atomic E-state index is 12.5. The molecule has 1 unspecified atom stereocenters. The Balaban J connectivity index is 1.51. The van der Waals surface area contributed by atoms with Crippen LogP contribution in [0.25, 0.3) is 0 Å². The van der Waals surface area contributed by atoms with E-state index in [4.69, 9.17) is 5.73 Å². The Bertz CT molecular complexity index is 836. The van der Waals surface area contributed by atoms with E-state index in [9.17, 15) is 13.2 Å². The van der Waals surface area contributed by atoms with E-state index >= 15 is 0 Å². The summed E-state index contributed by atoms with van der Waals surface area (Å²) in [7, 11) is 0. The molecule has 0 saturated carbocycles. The molecule has 1 saturated heterocycles. The zero-order valence-corrected chi connectivity index (χ0v) is 16.8. The molecule has 1 aliphatic rings. The highest BCUT2D eigenvalue weighted by atomic mass is 19.4. The van der Waals surface area contributed by atoms with Crippen molar-refractivity contribution in [2.24, 2.45) is 10.7 Å². The number of hydrogen-bond donors (Lipinski definition) is 2. The number of alkyl halides is 3. The zero-order valence-electron chi connectivity index (χ0n) is 16.8. The summed E-state index contributed by atoms with van der Waals surface area (Å²) in [5, 5.41) is 2.70. The van der Waals surface area contributed by atoms with E-state index in [0.717, 1.165) is 26.2 Å². The summed E-state index contributed by atoms with van der Waals surface area (Å²) in [5.74, 6) is -0.309. The molecule has 0 bridgehead atoms. The highest BCUT2D eigenvalue weighted by Crippen LogP contribution is 2.29. The minimum atomic E-state index is -4.78. The van der Waals surface area contributed by atoms with Crippen molar-refractivity contribution in [3.8, 4) is 5.75 Å². The molecule has 0 radical (unpaired) electrons. The van der Waals surface area contributed by atoms with Gasteiger partial charge in [0.25, 0.3) is 0 Å². The van der Waals surface area contributed by atoms with Gasteiger partial charge in [-0.3, -0.25) is 9.89 Å². The first-order valence-electron chi connectivity index (χ1n) is 9.77. The van der Waals surface area contributed by atoms with Gasteiger partial charge >= 0.3 is 6.36 Å². The van der Waals surface area contributed by atoms with Gasteiger partial charge in [-0.2, -0.15) is 0 Å². The number of nitrogens with two attached hydrogens (primary N) is 1. The van der Waals surface area contributed by atoms with Crippen molar-refractivity contribution in [2.45, 2.75) is 19.3 Å². The van der Waals surface area contributed by atoms with E-state index < -0.39 is 6.36 Å². The van der Waals surface area contributed by atoms with Crippen molar-refractivity contribution in [1.29, 1.82) is 0 Å². The number of rotatable bonds is 6. The monoisotopic (exact) mass is 421 g/mol. The lowest BCUT2D eigenvalue weighted by atomic mass is 10.2. The molecule has 30 heavy (non-hydrogen) atoms. The fourth-order valence-electron chi connectivity index (χ4n) is 3.37. The molecule has 0 aromatic heterocycles. The number of anilines is 2. The smallest absolute Gasteiger partial charge is 0.404 e. The second-order valence-electron chi connectivity index (χ2n) is 7.10. The van der Waals surface area contributed by atoms with Gasteiger partial charge in [0, 0.05) is 37.9 Å². The van der Waals surface area contributed by atoms with Gasteiger partial charge in [0.15, 0.2) is 11.7 Å². The third-order valence-corrected chi connectivity index (χ3v) is 4.96. The van der Waals surface area contributed by atoms with Gasteiger partial charge in [-0.15, -0.1) is 13.2 Å². The second kappa shape index (κ2) is 9.71. The molecule has 162 valence electrons. The molecule has 1 fully saturated rings. The number of piperazine rings is 1. The first-order valence-corrected chi connectivity index (χ1v) is 9.77. The third kappa shape index (κ3) is 6.28. The van der Waals surface area contributed by atoms with Crippen LogP contribution in [0.1, 0.15) is 6.92 Å². The lowest BCUT2D eigenvalue weighted by Gasteiger charge is -2.38. The molecule has 2 aromatic rings. The van der Waals surface area contributed by atoms with Crippen LogP contribution >= 0.6 is 0 Å². The van der Waals surface area contributed by atoms with E-state index in [0.29, 0.717) is 6.54 Å². The predicted octanol–water partition coefficient (Wildman–Crippen LogP) is 3.52. The molecule has 6 nitrogen and oxygen atoms in total.